The number of carboxylic acids is 1. The Morgan fingerprint density at radius 2 is 2.00 bits per heavy atom. The van der Waals surface area contributed by atoms with E-state index in [-0.39, 0.29) is 0 Å². The quantitative estimate of drug-likeness (QED) is 0.905. The van der Waals surface area contributed by atoms with Crippen molar-refractivity contribution in [3.8, 4) is 5.75 Å². The number of ether oxygens (including phenoxy) is 1. The van der Waals surface area contributed by atoms with Crippen LogP contribution >= 0.6 is 23.2 Å². The first-order chi connectivity index (χ1) is 9.56. The fourth-order valence-electron chi connectivity index (χ4n) is 2.43. The number of hydrogen-bond donors (Lipinski definition) is 1. The van der Waals surface area contributed by atoms with Crippen molar-refractivity contribution in [2.24, 2.45) is 0 Å². The van der Waals surface area contributed by atoms with Crippen LogP contribution in [0.2, 0.25) is 10.0 Å². The molecular weight excluding hydrogens is 301 g/mol. The van der Waals surface area contributed by atoms with Crippen LogP contribution in [0.5, 0.6) is 5.75 Å². The first-order valence-electron chi connectivity index (χ1n) is 6.62. The van der Waals surface area contributed by atoms with Gasteiger partial charge in [-0.15, -0.1) is 0 Å². The summed E-state index contributed by atoms with van der Waals surface area (Å²) in [7, 11) is 0. The maximum absolute atomic E-state index is 11.2. The molecule has 1 aromatic rings. The molecule has 110 valence electrons. The van der Waals surface area contributed by atoms with Crippen LogP contribution in [-0.2, 0) is 4.79 Å². The van der Waals surface area contributed by atoms with Crippen LogP contribution in [0.25, 0.3) is 0 Å². The molecule has 6 heteroatoms. The van der Waals surface area contributed by atoms with Crippen molar-refractivity contribution in [2.75, 3.05) is 19.7 Å². The lowest BCUT2D eigenvalue weighted by atomic mass is 10.0. The zero-order valence-corrected chi connectivity index (χ0v) is 12.5. The summed E-state index contributed by atoms with van der Waals surface area (Å²) in [5, 5.41) is 10.2. The van der Waals surface area contributed by atoms with Gasteiger partial charge in [-0.05, 0) is 37.6 Å². The van der Waals surface area contributed by atoms with Crippen LogP contribution in [0.4, 0.5) is 0 Å². The molecule has 0 saturated carbocycles. The van der Waals surface area contributed by atoms with E-state index < -0.39 is 12.0 Å². The Labute approximate surface area is 128 Å². The molecule has 0 bridgehead atoms. The van der Waals surface area contributed by atoms with E-state index in [4.69, 9.17) is 27.9 Å². The van der Waals surface area contributed by atoms with E-state index in [2.05, 4.69) is 0 Å². The van der Waals surface area contributed by atoms with Crippen LogP contribution in [0.1, 0.15) is 19.3 Å². The molecule has 0 aliphatic carbocycles. The Morgan fingerprint density at radius 1 is 1.30 bits per heavy atom. The Bertz CT molecular complexity index is 461. The van der Waals surface area contributed by atoms with Gasteiger partial charge in [0.25, 0.3) is 0 Å². The van der Waals surface area contributed by atoms with Crippen molar-refractivity contribution >= 4 is 29.2 Å². The van der Waals surface area contributed by atoms with Crippen LogP contribution in [-0.4, -0.2) is 41.7 Å². The highest BCUT2D eigenvalue weighted by molar-refractivity contribution is 6.34. The summed E-state index contributed by atoms with van der Waals surface area (Å²) in [6, 6.07) is 4.63. The monoisotopic (exact) mass is 317 g/mol. The van der Waals surface area contributed by atoms with Gasteiger partial charge in [-0.25, -0.2) is 0 Å². The van der Waals surface area contributed by atoms with Gasteiger partial charge in [0.15, 0.2) is 0 Å². The smallest absolute Gasteiger partial charge is 0.320 e. The number of nitrogens with zero attached hydrogens (tertiary/aromatic N) is 1. The highest BCUT2D eigenvalue weighted by atomic mass is 35.5. The first-order valence-corrected chi connectivity index (χ1v) is 7.37. The summed E-state index contributed by atoms with van der Waals surface area (Å²) < 4.78 is 5.59. The molecule has 0 spiro atoms. The lowest BCUT2D eigenvalue weighted by Gasteiger charge is -2.32. The van der Waals surface area contributed by atoms with Crippen molar-refractivity contribution in [1.82, 2.24) is 4.90 Å². The van der Waals surface area contributed by atoms with E-state index in [9.17, 15) is 9.90 Å². The number of carboxylic acid groups (broad SMARTS) is 1. The minimum Gasteiger partial charge on any atom is -0.492 e. The van der Waals surface area contributed by atoms with Crippen molar-refractivity contribution in [3.05, 3.63) is 28.2 Å². The number of carbonyl (C=O) groups is 1. The van der Waals surface area contributed by atoms with Crippen molar-refractivity contribution in [1.29, 1.82) is 0 Å². The van der Waals surface area contributed by atoms with E-state index in [0.717, 1.165) is 19.4 Å². The third-order valence-electron chi connectivity index (χ3n) is 3.38. The molecule has 2 rings (SSSR count). The second-order valence-corrected chi connectivity index (χ2v) is 5.71. The van der Waals surface area contributed by atoms with Gasteiger partial charge in [0, 0.05) is 16.6 Å². The Hall–Kier alpha value is -0.970. The van der Waals surface area contributed by atoms with Gasteiger partial charge in [0.1, 0.15) is 18.4 Å². The average molecular weight is 318 g/mol. The van der Waals surface area contributed by atoms with Crippen molar-refractivity contribution in [2.45, 2.75) is 25.3 Å². The molecular formula is C14H17Cl2NO3. The summed E-state index contributed by atoms with van der Waals surface area (Å²) in [6.07, 6.45) is 2.71. The lowest BCUT2D eigenvalue weighted by Crippen LogP contribution is -2.46. The number of rotatable bonds is 5. The van der Waals surface area contributed by atoms with Gasteiger partial charge in [-0.1, -0.05) is 29.6 Å². The Balaban J connectivity index is 1.86. The molecule has 0 amide bonds. The Kier molecular flexibility index (Phi) is 5.52. The highest BCUT2D eigenvalue weighted by Gasteiger charge is 2.27. The SMILES string of the molecule is O=C(O)C1CCCCN1CCOc1cc(Cl)cc(Cl)c1. The molecule has 1 unspecified atom stereocenters. The van der Waals surface area contributed by atoms with Crippen molar-refractivity contribution < 1.29 is 14.6 Å². The molecule has 1 heterocycles. The first kappa shape index (κ1) is 15.4. The van der Waals surface area contributed by atoms with Crippen LogP contribution in [0.3, 0.4) is 0 Å². The van der Waals surface area contributed by atoms with E-state index in [1.165, 1.54) is 0 Å². The molecule has 0 aromatic heterocycles. The van der Waals surface area contributed by atoms with Gasteiger partial charge in [0.05, 0.1) is 0 Å². The maximum Gasteiger partial charge on any atom is 0.320 e. The fraction of sp³-hybridized carbons (Fsp3) is 0.500. The topological polar surface area (TPSA) is 49.8 Å². The summed E-state index contributed by atoms with van der Waals surface area (Å²) >= 11 is 11.8. The average Bonchev–Trinajstić information content (AvgIpc) is 2.38. The van der Waals surface area contributed by atoms with Gasteiger partial charge in [0.2, 0.25) is 0 Å². The predicted molar refractivity (Wildman–Crippen MR) is 78.8 cm³/mol. The lowest BCUT2D eigenvalue weighted by molar-refractivity contribution is -0.144. The number of halogens is 2. The van der Waals surface area contributed by atoms with Crippen LogP contribution in [0, 0.1) is 0 Å². The third kappa shape index (κ3) is 4.27. The number of benzene rings is 1. The highest BCUT2D eigenvalue weighted by Crippen LogP contribution is 2.24. The molecule has 1 aliphatic rings. The van der Waals surface area contributed by atoms with E-state index in [1.807, 2.05) is 4.90 Å². The molecule has 1 fully saturated rings. The predicted octanol–water partition coefficient (Wildman–Crippen LogP) is 3.31. The van der Waals surface area contributed by atoms with E-state index in [1.54, 1.807) is 18.2 Å². The summed E-state index contributed by atoms with van der Waals surface area (Å²) in [6.45, 7) is 1.80. The largest absolute Gasteiger partial charge is 0.492 e. The minimum absolute atomic E-state index is 0.393. The molecule has 1 atom stereocenters. The molecule has 1 N–H and O–H groups in total. The van der Waals surface area contributed by atoms with Gasteiger partial charge in [-0.2, -0.15) is 0 Å². The number of likely N-dealkylation sites (tertiary alicyclic amines) is 1. The second kappa shape index (κ2) is 7.16. The number of aliphatic carboxylic acids is 1. The molecule has 0 radical (unpaired) electrons. The van der Waals surface area contributed by atoms with E-state index in [0.29, 0.717) is 35.4 Å². The summed E-state index contributed by atoms with van der Waals surface area (Å²) in [5.74, 6) is -0.151. The van der Waals surface area contributed by atoms with Gasteiger partial charge >= 0.3 is 5.97 Å². The zero-order chi connectivity index (χ0) is 14.5. The minimum atomic E-state index is -0.754. The fourth-order valence-corrected chi connectivity index (χ4v) is 2.94. The van der Waals surface area contributed by atoms with Gasteiger partial charge < -0.3 is 9.84 Å². The molecule has 1 aromatic carbocycles. The normalized spacial score (nSPS) is 19.8. The molecule has 4 nitrogen and oxygen atoms in total. The number of piperidine rings is 1. The molecule has 1 aliphatic heterocycles. The zero-order valence-electron chi connectivity index (χ0n) is 11.0. The summed E-state index contributed by atoms with van der Waals surface area (Å²) in [4.78, 5) is 13.1. The standard InChI is InChI=1S/C14H17Cl2NO3/c15-10-7-11(16)9-12(8-10)20-6-5-17-4-2-1-3-13(17)14(18)19/h7-9,13H,1-6H2,(H,18,19). The number of hydrogen-bond acceptors (Lipinski definition) is 3. The van der Waals surface area contributed by atoms with Crippen molar-refractivity contribution in [3.63, 3.8) is 0 Å². The molecule has 1 saturated heterocycles. The third-order valence-corrected chi connectivity index (χ3v) is 3.82. The molecule has 20 heavy (non-hydrogen) atoms. The second-order valence-electron chi connectivity index (χ2n) is 4.84. The Morgan fingerprint density at radius 3 is 2.65 bits per heavy atom. The maximum atomic E-state index is 11.2. The van der Waals surface area contributed by atoms with Crippen LogP contribution in [0.15, 0.2) is 18.2 Å². The van der Waals surface area contributed by atoms with Crippen LogP contribution < -0.4 is 4.74 Å². The summed E-state index contributed by atoms with van der Waals surface area (Å²) in [5.41, 5.74) is 0. The van der Waals surface area contributed by atoms with Gasteiger partial charge in [-0.3, -0.25) is 9.69 Å². The van der Waals surface area contributed by atoms with E-state index >= 15 is 0 Å².